The normalized spacial score (nSPS) is 14.6. The number of hydrogen-bond acceptors (Lipinski definition) is 7. The minimum Gasteiger partial charge on any atom is -0.493 e. The third-order valence-corrected chi connectivity index (χ3v) is 5.83. The second kappa shape index (κ2) is 10.3. The number of methoxy groups -OCH3 is 2. The zero-order chi connectivity index (χ0) is 19.8. The maximum atomic E-state index is 12.2. The van der Waals surface area contributed by atoms with Crippen molar-refractivity contribution in [3.8, 4) is 11.5 Å². The number of benzene rings is 1. The Balaban J connectivity index is 1.44. The van der Waals surface area contributed by atoms with Crippen molar-refractivity contribution in [1.82, 2.24) is 25.5 Å². The monoisotopic (exact) mass is 405 g/mol. The van der Waals surface area contributed by atoms with Crippen molar-refractivity contribution in [2.45, 2.75) is 49.7 Å². The van der Waals surface area contributed by atoms with E-state index >= 15 is 0 Å². The molecule has 0 spiro atoms. The molecule has 0 unspecified atom stereocenters. The van der Waals surface area contributed by atoms with Crippen LogP contribution in [0.2, 0.25) is 0 Å². The summed E-state index contributed by atoms with van der Waals surface area (Å²) in [4.78, 5) is 12.2. The van der Waals surface area contributed by atoms with Gasteiger partial charge in [-0.05, 0) is 47.4 Å². The van der Waals surface area contributed by atoms with E-state index < -0.39 is 0 Å². The molecule has 1 aliphatic carbocycles. The summed E-state index contributed by atoms with van der Waals surface area (Å²) in [5.41, 5.74) is 1.08. The van der Waals surface area contributed by atoms with Crippen LogP contribution < -0.4 is 14.8 Å². The molecule has 1 aromatic carbocycles. The Bertz CT molecular complexity index is 777. The summed E-state index contributed by atoms with van der Waals surface area (Å²) in [6, 6.07) is 6.13. The molecule has 0 bridgehead atoms. The van der Waals surface area contributed by atoms with Crippen molar-refractivity contribution < 1.29 is 14.3 Å². The van der Waals surface area contributed by atoms with E-state index in [4.69, 9.17) is 9.47 Å². The van der Waals surface area contributed by atoms with Crippen molar-refractivity contribution in [3.05, 3.63) is 23.8 Å². The second-order valence-electron chi connectivity index (χ2n) is 6.78. The molecule has 0 atom stereocenters. The third kappa shape index (κ3) is 5.37. The molecule has 0 aliphatic heterocycles. The summed E-state index contributed by atoms with van der Waals surface area (Å²) in [7, 11) is 3.22. The predicted molar refractivity (Wildman–Crippen MR) is 107 cm³/mol. The van der Waals surface area contributed by atoms with Crippen LogP contribution in [0.4, 0.5) is 0 Å². The van der Waals surface area contributed by atoms with Crippen LogP contribution >= 0.6 is 11.8 Å². The van der Waals surface area contributed by atoms with Gasteiger partial charge in [0.05, 0.1) is 26.0 Å². The quantitative estimate of drug-likeness (QED) is 0.641. The van der Waals surface area contributed by atoms with Crippen molar-refractivity contribution in [3.63, 3.8) is 0 Å². The number of nitrogens with one attached hydrogen (secondary N) is 1. The highest BCUT2D eigenvalue weighted by atomic mass is 32.2. The van der Waals surface area contributed by atoms with Gasteiger partial charge in [0, 0.05) is 6.54 Å². The number of amides is 1. The van der Waals surface area contributed by atoms with Crippen molar-refractivity contribution in [1.29, 1.82) is 0 Å². The molecule has 1 amide bonds. The van der Waals surface area contributed by atoms with E-state index in [1.807, 2.05) is 22.9 Å². The number of tetrazole rings is 1. The Morgan fingerprint density at radius 1 is 1.21 bits per heavy atom. The molecule has 1 saturated carbocycles. The lowest BCUT2D eigenvalue weighted by atomic mass is 9.96. The van der Waals surface area contributed by atoms with Crippen LogP contribution in [0.1, 0.15) is 43.7 Å². The Labute approximate surface area is 169 Å². The van der Waals surface area contributed by atoms with Crippen molar-refractivity contribution >= 4 is 17.7 Å². The molecule has 9 heteroatoms. The zero-order valence-corrected chi connectivity index (χ0v) is 17.2. The minimum absolute atomic E-state index is 0.0244. The van der Waals surface area contributed by atoms with Gasteiger partial charge in [0.1, 0.15) is 0 Å². The van der Waals surface area contributed by atoms with Crippen LogP contribution in [-0.2, 0) is 11.2 Å². The maximum absolute atomic E-state index is 12.2. The highest BCUT2D eigenvalue weighted by Gasteiger charge is 2.20. The van der Waals surface area contributed by atoms with Crippen LogP contribution in [-0.4, -0.2) is 52.6 Å². The molecule has 152 valence electrons. The molecule has 8 nitrogen and oxygen atoms in total. The van der Waals surface area contributed by atoms with E-state index in [0.29, 0.717) is 29.8 Å². The molecule has 0 saturated heterocycles. The lowest BCUT2D eigenvalue weighted by Crippen LogP contribution is -2.27. The molecule has 28 heavy (non-hydrogen) atoms. The number of thioether (sulfide) groups is 1. The van der Waals surface area contributed by atoms with E-state index in [2.05, 4.69) is 20.8 Å². The Hall–Kier alpha value is -2.29. The van der Waals surface area contributed by atoms with Gasteiger partial charge < -0.3 is 14.8 Å². The maximum Gasteiger partial charge on any atom is 0.230 e. The molecule has 3 rings (SSSR count). The smallest absolute Gasteiger partial charge is 0.230 e. The molecular weight excluding hydrogens is 378 g/mol. The fourth-order valence-electron chi connectivity index (χ4n) is 3.40. The molecule has 2 aromatic rings. The average Bonchev–Trinajstić information content (AvgIpc) is 3.21. The lowest BCUT2D eigenvalue weighted by Gasteiger charge is -2.21. The first kappa shape index (κ1) is 20.4. The van der Waals surface area contributed by atoms with Crippen molar-refractivity contribution in [2.24, 2.45) is 0 Å². The summed E-state index contributed by atoms with van der Waals surface area (Å²) in [5, 5.41) is 15.7. The van der Waals surface area contributed by atoms with Gasteiger partial charge in [-0.15, -0.1) is 5.10 Å². The number of rotatable bonds is 9. The number of nitrogens with zero attached hydrogens (tertiary/aromatic N) is 4. The highest BCUT2D eigenvalue weighted by molar-refractivity contribution is 7.99. The molecule has 1 aliphatic rings. The summed E-state index contributed by atoms with van der Waals surface area (Å²) in [5.74, 6) is 1.67. The van der Waals surface area contributed by atoms with Gasteiger partial charge in [0.15, 0.2) is 11.5 Å². The fourth-order valence-corrected chi connectivity index (χ4v) is 4.17. The number of hydrogen-bond donors (Lipinski definition) is 1. The van der Waals surface area contributed by atoms with Crippen LogP contribution in [0.5, 0.6) is 11.5 Å². The number of carbonyl (C=O) groups excluding carboxylic acids is 1. The van der Waals surface area contributed by atoms with Crippen LogP contribution in [0.3, 0.4) is 0 Å². The van der Waals surface area contributed by atoms with Crippen LogP contribution in [0.15, 0.2) is 23.4 Å². The largest absolute Gasteiger partial charge is 0.493 e. The first-order chi connectivity index (χ1) is 13.7. The topological polar surface area (TPSA) is 91.2 Å². The molecule has 0 radical (unpaired) electrons. The predicted octanol–water partition coefficient (Wildman–Crippen LogP) is 2.65. The van der Waals surface area contributed by atoms with E-state index in [-0.39, 0.29) is 5.91 Å². The summed E-state index contributed by atoms with van der Waals surface area (Å²) < 4.78 is 12.4. The second-order valence-corrected chi connectivity index (χ2v) is 7.72. The van der Waals surface area contributed by atoms with Gasteiger partial charge in [-0.25, -0.2) is 4.68 Å². The summed E-state index contributed by atoms with van der Waals surface area (Å²) in [6.07, 6.45) is 6.64. The number of carbonyl (C=O) groups is 1. The molecule has 1 heterocycles. The van der Waals surface area contributed by atoms with E-state index in [9.17, 15) is 4.79 Å². The number of aromatic nitrogens is 4. The Morgan fingerprint density at radius 3 is 2.75 bits per heavy atom. The van der Waals surface area contributed by atoms with E-state index in [1.165, 1.54) is 31.0 Å². The first-order valence-corrected chi connectivity index (χ1v) is 10.6. The molecule has 1 fully saturated rings. The Morgan fingerprint density at radius 2 is 2.00 bits per heavy atom. The first-order valence-electron chi connectivity index (χ1n) is 9.59. The summed E-state index contributed by atoms with van der Waals surface area (Å²) in [6.45, 7) is 0.558. The SMILES string of the molecule is COc1ccc(CCNC(=O)CSc2nnnn2C2CCCCC2)cc1OC. The molecule has 1 N–H and O–H groups in total. The third-order valence-electron chi connectivity index (χ3n) is 4.90. The fraction of sp³-hybridized carbons (Fsp3) is 0.579. The average molecular weight is 406 g/mol. The molecule has 1 aromatic heterocycles. The van der Waals surface area contributed by atoms with Gasteiger partial charge in [0.2, 0.25) is 11.1 Å². The van der Waals surface area contributed by atoms with Crippen LogP contribution in [0, 0.1) is 0 Å². The number of ether oxygens (including phenoxy) is 2. The van der Waals surface area contributed by atoms with Crippen LogP contribution in [0.25, 0.3) is 0 Å². The Kier molecular flexibility index (Phi) is 7.53. The van der Waals surface area contributed by atoms with Gasteiger partial charge in [-0.1, -0.05) is 37.1 Å². The van der Waals surface area contributed by atoms with E-state index in [1.54, 1.807) is 14.2 Å². The lowest BCUT2D eigenvalue weighted by molar-refractivity contribution is -0.118. The summed E-state index contributed by atoms with van der Waals surface area (Å²) >= 11 is 1.39. The van der Waals surface area contributed by atoms with Gasteiger partial charge in [-0.2, -0.15) is 0 Å². The van der Waals surface area contributed by atoms with Gasteiger partial charge >= 0.3 is 0 Å². The molecular formula is C19H27N5O3S. The van der Waals surface area contributed by atoms with Crippen molar-refractivity contribution in [2.75, 3.05) is 26.5 Å². The highest BCUT2D eigenvalue weighted by Crippen LogP contribution is 2.30. The zero-order valence-electron chi connectivity index (χ0n) is 16.4. The van der Waals surface area contributed by atoms with Gasteiger partial charge in [-0.3, -0.25) is 4.79 Å². The van der Waals surface area contributed by atoms with E-state index in [0.717, 1.165) is 30.0 Å². The van der Waals surface area contributed by atoms with Gasteiger partial charge in [0.25, 0.3) is 0 Å². The minimum atomic E-state index is -0.0244. The standard InChI is InChI=1S/C19H27N5O3S/c1-26-16-9-8-14(12-17(16)27-2)10-11-20-18(25)13-28-19-21-22-23-24(19)15-6-4-3-5-7-15/h8-9,12,15H,3-7,10-11,13H2,1-2H3,(H,20,25).